The van der Waals surface area contributed by atoms with E-state index in [0.29, 0.717) is 24.0 Å². The van der Waals surface area contributed by atoms with E-state index in [4.69, 9.17) is 0 Å². The maximum atomic E-state index is 13.4. The minimum absolute atomic E-state index is 0.0593. The molecule has 0 fully saturated rings. The number of aromatic hydroxyl groups is 2. The summed E-state index contributed by atoms with van der Waals surface area (Å²) in [5, 5.41) is 26.7. The van der Waals surface area contributed by atoms with Crippen LogP contribution in [-0.2, 0) is 17.6 Å². The smallest absolute Gasteiger partial charge is 0.251 e. The molecule has 7 nitrogen and oxygen atoms in total. The number of carbonyl (C=O) groups excluding carboxylic acids is 2. The molecule has 0 aliphatic heterocycles. The van der Waals surface area contributed by atoms with E-state index >= 15 is 0 Å². The van der Waals surface area contributed by atoms with Gasteiger partial charge >= 0.3 is 0 Å². The Morgan fingerprint density at radius 1 is 0.775 bits per heavy atom. The quantitative estimate of drug-likeness (QED) is 0.214. The van der Waals surface area contributed by atoms with E-state index in [-0.39, 0.29) is 23.8 Å². The largest absolute Gasteiger partial charge is 0.508 e. The minimum atomic E-state index is -0.827. The summed E-state index contributed by atoms with van der Waals surface area (Å²) in [6, 6.07) is 29.8. The molecule has 1 unspecified atom stereocenters. The van der Waals surface area contributed by atoms with Gasteiger partial charge in [-0.3, -0.25) is 14.6 Å². The minimum Gasteiger partial charge on any atom is -0.508 e. The number of hydrogen-bond acceptors (Lipinski definition) is 5. The van der Waals surface area contributed by atoms with E-state index in [1.807, 2.05) is 48.5 Å². The highest BCUT2D eigenvalue weighted by Gasteiger charge is 2.22. The zero-order valence-corrected chi connectivity index (χ0v) is 21.7. The third-order valence-corrected chi connectivity index (χ3v) is 6.70. The van der Waals surface area contributed by atoms with Gasteiger partial charge in [0.15, 0.2) is 0 Å². The average Bonchev–Trinajstić information content (AvgIpc) is 2.98. The maximum Gasteiger partial charge on any atom is 0.251 e. The van der Waals surface area contributed by atoms with Crippen molar-refractivity contribution in [2.75, 3.05) is 6.54 Å². The van der Waals surface area contributed by atoms with Crippen molar-refractivity contribution in [3.8, 4) is 22.6 Å². The van der Waals surface area contributed by atoms with Crippen LogP contribution in [0.5, 0.6) is 11.5 Å². The molecule has 7 heteroatoms. The van der Waals surface area contributed by atoms with Gasteiger partial charge in [-0.25, -0.2) is 0 Å². The molecule has 4 aromatic carbocycles. The summed E-state index contributed by atoms with van der Waals surface area (Å²) in [6.07, 6.45) is 2.55. The Labute approximate surface area is 232 Å². The molecule has 4 N–H and O–H groups in total. The normalized spacial score (nSPS) is 11.6. The molecule has 1 heterocycles. The summed E-state index contributed by atoms with van der Waals surface area (Å²) >= 11 is 0. The molecular formula is C33H29N3O4. The Bertz CT molecular complexity index is 1640. The highest BCUT2D eigenvalue weighted by Crippen LogP contribution is 2.30. The molecule has 1 atom stereocenters. The van der Waals surface area contributed by atoms with Crippen molar-refractivity contribution in [1.82, 2.24) is 15.6 Å². The Hall–Kier alpha value is -5.17. The molecule has 5 rings (SSSR count). The van der Waals surface area contributed by atoms with Crippen LogP contribution in [0.15, 0.2) is 109 Å². The number of aromatic nitrogens is 1. The second-order valence-corrected chi connectivity index (χ2v) is 9.57. The van der Waals surface area contributed by atoms with Gasteiger partial charge in [0.05, 0.1) is 0 Å². The standard InChI is InChI=1S/C33H29N3O4/c37-28-13-11-23(12-14-28)18-29(33(40)35-17-15-22-6-2-1-3-7-22)36-32(39)26-9-4-8-24(19-26)27-20-25-10-5-16-34-31(25)30(38)21-27/h1-14,16,19-21,29,37-38H,15,17-18H2,(H,35,40)(H,36,39). The lowest BCUT2D eigenvalue weighted by atomic mass is 10.00. The zero-order chi connectivity index (χ0) is 27.9. The van der Waals surface area contributed by atoms with Crippen molar-refractivity contribution in [3.05, 3.63) is 126 Å². The topological polar surface area (TPSA) is 112 Å². The van der Waals surface area contributed by atoms with Crippen LogP contribution in [0.2, 0.25) is 0 Å². The number of pyridine rings is 1. The molecule has 2 amide bonds. The predicted octanol–water partition coefficient (Wildman–Crippen LogP) is 5.01. The lowest BCUT2D eigenvalue weighted by Crippen LogP contribution is -2.48. The van der Waals surface area contributed by atoms with Gasteiger partial charge in [0, 0.05) is 30.1 Å². The Kier molecular flexibility index (Phi) is 8.02. The Morgan fingerprint density at radius 3 is 2.38 bits per heavy atom. The van der Waals surface area contributed by atoms with E-state index in [0.717, 1.165) is 27.6 Å². The molecule has 0 aliphatic carbocycles. The van der Waals surface area contributed by atoms with Crippen LogP contribution in [0.1, 0.15) is 21.5 Å². The second kappa shape index (κ2) is 12.1. The summed E-state index contributed by atoms with van der Waals surface area (Å²) in [4.78, 5) is 30.8. The van der Waals surface area contributed by atoms with Crippen molar-refractivity contribution in [2.45, 2.75) is 18.9 Å². The first-order valence-electron chi connectivity index (χ1n) is 13.0. The summed E-state index contributed by atoms with van der Waals surface area (Å²) in [7, 11) is 0. The number of rotatable bonds is 9. The highest BCUT2D eigenvalue weighted by atomic mass is 16.3. The fourth-order valence-electron chi connectivity index (χ4n) is 4.60. The first-order chi connectivity index (χ1) is 19.5. The number of hydrogen-bond donors (Lipinski definition) is 4. The number of carbonyl (C=O) groups is 2. The SMILES string of the molecule is O=C(NC(Cc1ccc(O)cc1)C(=O)NCCc1ccccc1)c1cccc(-c2cc(O)c3ncccc3c2)c1. The van der Waals surface area contributed by atoms with Gasteiger partial charge in [0.1, 0.15) is 23.1 Å². The molecule has 1 aromatic heterocycles. The number of benzene rings is 4. The van der Waals surface area contributed by atoms with Crippen LogP contribution in [0.25, 0.3) is 22.0 Å². The average molecular weight is 532 g/mol. The van der Waals surface area contributed by atoms with Crippen molar-refractivity contribution >= 4 is 22.7 Å². The molecule has 40 heavy (non-hydrogen) atoms. The van der Waals surface area contributed by atoms with Crippen molar-refractivity contribution in [2.24, 2.45) is 0 Å². The number of nitrogens with zero attached hydrogens (tertiary/aromatic N) is 1. The molecule has 0 saturated heterocycles. The van der Waals surface area contributed by atoms with Gasteiger partial charge in [-0.1, -0.05) is 60.7 Å². The van der Waals surface area contributed by atoms with Gasteiger partial charge in [-0.15, -0.1) is 0 Å². The fraction of sp³-hybridized carbons (Fsp3) is 0.121. The Morgan fingerprint density at radius 2 is 1.57 bits per heavy atom. The van der Waals surface area contributed by atoms with Crippen molar-refractivity contribution in [1.29, 1.82) is 0 Å². The van der Waals surface area contributed by atoms with Crippen LogP contribution in [0.4, 0.5) is 0 Å². The molecule has 200 valence electrons. The number of fused-ring (bicyclic) bond motifs is 1. The molecular weight excluding hydrogens is 502 g/mol. The molecule has 5 aromatic rings. The second-order valence-electron chi connectivity index (χ2n) is 9.57. The van der Waals surface area contributed by atoms with Crippen molar-refractivity contribution in [3.63, 3.8) is 0 Å². The number of nitrogens with one attached hydrogen (secondary N) is 2. The van der Waals surface area contributed by atoms with Crippen molar-refractivity contribution < 1.29 is 19.8 Å². The zero-order valence-electron chi connectivity index (χ0n) is 21.7. The number of phenols is 2. The van der Waals surface area contributed by atoms with Crippen LogP contribution >= 0.6 is 0 Å². The van der Waals surface area contributed by atoms with E-state index < -0.39 is 11.9 Å². The predicted molar refractivity (Wildman–Crippen MR) is 155 cm³/mol. The summed E-state index contributed by atoms with van der Waals surface area (Å²) < 4.78 is 0. The third kappa shape index (κ3) is 6.45. The maximum absolute atomic E-state index is 13.4. The van der Waals surface area contributed by atoms with Gasteiger partial charge in [-0.05, 0) is 71.1 Å². The molecule has 0 radical (unpaired) electrons. The third-order valence-electron chi connectivity index (χ3n) is 6.70. The first-order valence-corrected chi connectivity index (χ1v) is 13.0. The van der Waals surface area contributed by atoms with Crippen LogP contribution < -0.4 is 10.6 Å². The fourth-order valence-corrected chi connectivity index (χ4v) is 4.60. The molecule has 0 spiro atoms. The van der Waals surface area contributed by atoms with E-state index in [9.17, 15) is 19.8 Å². The lowest BCUT2D eigenvalue weighted by Gasteiger charge is -2.19. The summed E-state index contributed by atoms with van der Waals surface area (Å²) in [5.41, 5.74) is 4.29. The monoisotopic (exact) mass is 531 g/mol. The van der Waals surface area contributed by atoms with Crippen LogP contribution in [0.3, 0.4) is 0 Å². The highest BCUT2D eigenvalue weighted by molar-refractivity contribution is 5.99. The van der Waals surface area contributed by atoms with Crippen LogP contribution in [-0.4, -0.2) is 39.6 Å². The van der Waals surface area contributed by atoms with Crippen LogP contribution in [0, 0.1) is 0 Å². The summed E-state index contributed by atoms with van der Waals surface area (Å²) in [6.45, 7) is 0.431. The Balaban J connectivity index is 1.34. The lowest BCUT2D eigenvalue weighted by molar-refractivity contribution is -0.122. The van der Waals surface area contributed by atoms with Gasteiger partial charge in [0.25, 0.3) is 5.91 Å². The number of phenolic OH excluding ortho intramolecular Hbond substituents is 2. The van der Waals surface area contributed by atoms with Gasteiger partial charge in [-0.2, -0.15) is 0 Å². The first kappa shape index (κ1) is 26.4. The van der Waals surface area contributed by atoms with E-state index in [1.165, 1.54) is 0 Å². The number of amides is 2. The van der Waals surface area contributed by atoms with Gasteiger partial charge < -0.3 is 20.8 Å². The summed E-state index contributed by atoms with van der Waals surface area (Å²) in [5.74, 6) is -0.496. The molecule has 0 bridgehead atoms. The molecule has 0 saturated carbocycles. The molecule has 0 aliphatic rings. The van der Waals surface area contributed by atoms with E-state index in [1.54, 1.807) is 60.8 Å². The van der Waals surface area contributed by atoms with E-state index in [2.05, 4.69) is 15.6 Å². The van der Waals surface area contributed by atoms with Gasteiger partial charge in [0.2, 0.25) is 5.91 Å².